The van der Waals surface area contributed by atoms with Gasteiger partial charge in [0.2, 0.25) is 5.91 Å². The molecule has 3 heterocycles. The van der Waals surface area contributed by atoms with E-state index in [0.717, 1.165) is 52.3 Å². The standard InChI is InChI=1S/C24H20N4O3S3/c1-3-31-24(30)21-13(2)15(10-25)23(34-21)28-19(29)12-33-22-16(11-26)20(18-8-5-9-32-18)14-6-4-7-17(14)27-22/h5,8-9H,3-4,6-7,12H2,1-2H3,(H,28,29). The van der Waals surface area contributed by atoms with Gasteiger partial charge < -0.3 is 10.1 Å². The van der Waals surface area contributed by atoms with E-state index in [1.165, 1.54) is 11.8 Å². The van der Waals surface area contributed by atoms with Crippen LogP contribution >= 0.6 is 34.4 Å². The number of aromatic nitrogens is 1. The number of pyridine rings is 1. The Hall–Kier alpha value is -3.18. The normalized spacial score (nSPS) is 12.0. The summed E-state index contributed by atoms with van der Waals surface area (Å²) in [4.78, 5) is 31.0. The summed E-state index contributed by atoms with van der Waals surface area (Å²) in [5, 5.41) is 25.1. The Kier molecular flexibility index (Phi) is 7.32. The van der Waals surface area contributed by atoms with Crippen molar-refractivity contribution in [3.8, 4) is 22.6 Å². The fourth-order valence-corrected chi connectivity index (χ4v) is 6.56. The molecule has 1 amide bonds. The quantitative estimate of drug-likeness (QED) is 0.339. The molecule has 3 aromatic rings. The fraction of sp³-hybridized carbons (Fsp3) is 0.292. The first-order valence-electron chi connectivity index (χ1n) is 10.6. The summed E-state index contributed by atoms with van der Waals surface area (Å²) in [7, 11) is 0. The fourth-order valence-electron chi connectivity index (χ4n) is 3.88. The monoisotopic (exact) mass is 508 g/mol. The van der Waals surface area contributed by atoms with Crippen LogP contribution in [-0.4, -0.2) is 29.2 Å². The Bertz CT molecular complexity index is 1350. The SMILES string of the molecule is CCOC(=O)c1sc(NC(=O)CSc2nc3c(c(-c4cccs4)c2C#N)CCC3)c(C#N)c1C. The minimum absolute atomic E-state index is 0.0148. The van der Waals surface area contributed by atoms with Gasteiger partial charge in [-0.1, -0.05) is 17.8 Å². The number of fused-ring (bicyclic) bond motifs is 1. The van der Waals surface area contributed by atoms with Crippen LogP contribution in [0.5, 0.6) is 0 Å². The lowest BCUT2D eigenvalue weighted by atomic mass is 10.0. The number of nitriles is 2. The zero-order valence-corrected chi connectivity index (χ0v) is 21.0. The minimum Gasteiger partial charge on any atom is -0.462 e. The van der Waals surface area contributed by atoms with Crippen molar-refractivity contribution in [3.63, 3.8) is 0 Å². The highest BCUT2D eigenvalue weighted by atomic mass is 32.2. The zero-order chi connectivity index (χ0) is 24.2. The summed E-state index contributed by atoms with van der Waals surface area (Å²) in [6.07, 6.45) is 2.75. The van der Waals surface area contributed by atoms with Crippen molar-refractivity contribution in [2.75, 3.05) is 17.7 Å². The summed E-state index contributed by atoms with van der Waals surface area (Å²) < 4.78 is 5.04. The van der Waals surface area contributed by atoms with Crippen molar-refractivity contribution >= 4 is 51.3 Å². The van der Waals surface area contributed by atoms with Crippen LogP contribution in [0.25, 0.3) is 10.4 Å². The summed E-state index contributed by atoms with van der Waals surface area (Å²) in [5.74, 6) is -0.846. The number of anilines is 1. The Balaban J connectivity index is 1.57. The number of hydrogen-bond donors (Lipinski definition) is 1. The lowest BCUT2D eigenvalue weighted by molar-refractivity contribution is -0.113. The number of ether oxygens (including phenoxy) is 1. The number of nitrogens with one attached hydrogen (secondary N) is 1. The number of rotatable bonds is 7. The third-order valence-corrected chi connectivity index (χ3v) is 8.43. The molecule has 0 aliphatic heterocycles. The molecule has 1 aliphatic carbocycles. The van der Waals surface area contributed by atoms with Gasteiger partial charge in [-0.05, 0) is 55.7 Å². The summed E-state index contributed by atoms with van der Waals surface area (Å²) >= 11 is 3.82. The highest BCUT2D eigenvalue weighted by Crippen LogP contribution is 2.40. The van der Waals surface area contributed by atoms with Gasteiger partial charge in [-0.25, -0.2) is 9.78 Å². The van der Waals surface area contributed by atoms with Crippen LogP contribution in [0.15, 0.2) is 22.5 Å². The molecule has 10 heteroatoms. The maximum atomic E-state index is 12.8. The molecule has 7 nitrogen and oxygen atoms in total. The molecule has 4 rings (SSSR count). The second-order valence-corrected chi connectivity index (χ2v) is 10.4. The Morgan fingerprint density at radius 3 is 2.74 bits per heavy atom. The van der Waals surface area contributed by atoms with Crippen LogP contribution in [0.3, 0.4) is 0 Å². The molecule has 0 bridgehead atoms. The van der Waals surface area contributed by atoms with E-state index in [9.17, 15) is 20.1 Å². The van der Waals surface area contributed by atoms with Crippen molar-refractivity contribution in [1.82, 2.24) is 4.98 Å². The molecule has 0 aromatic carbocycles. The molecule has 1 aliphatic rings. The van der Waals surface area contributed by atoms with E-state index in [4.69, 9.17) is 9.72 Å². The minimum atomic E-state index is -0.515. The van der Waals surface area contributed by atoms with Crippen LogP contribution < -0.4 is 5.32 Å². The molecule has 1 N–H and O–H groups in total. The van der Waals surface area contributed by atoms with Crippen LogP contribution in [0.1, 0.15) is 51.0 Å². The van der Waals surface area contributed by atoms with E-state index in [1.807, 2.05) is 17.5 Å². The third kappa shape index (κ3) is 4.58. The molecule has 0 unspecified atom stereocenters. The largest absolute Gasteiger partial charge is 0.462 e. The van der Waals surface area contributed by atoms with Gasteiger partial charge in [-0.2, -0.15) is 10.5 Å². The molecule has 172 valence electrons. The molecule has 3 aromatic heterocycles. The first kappa shape index (κ1) is 24.0. The summed E-state index contributed by atoms with van der Waals surface area (Å²) in [6, 6.07) is 8.33. The molecule has 0 saturated carbocycles. The zero-order valence-electron chi connectivity index (χ0n) is 18.6. The number of carbonyl (C=O) groups excluding carboxylic acids is 2. The van der Waals surface area contributed by atoms with Crippen LogP contribution in [0.4, 0.5) is 5.00 Å². The number of hydrogen-bond acceptors (Lipinski definition) is 9. The van der Waals surface area contributed by atoms with Crippen LogP contribution in [0.2, 0.25) is 0 Å². The van der Waals surface area contributed by atoms with Crippen molar-refractivity contribution < 1.29 is 14.3 Å². The van der Waals surface area contributed by atoms with Crippen molar-refractivity contribution in [2.24, 2.45) is 0 Å². The second-order valence-electron chi connectivity index (χ2n) is 7.46. The number of thiophene rings is 2. The highest BCUT2D eigenvalue weighted by molar-refractivity contribution is 8.00. The Morgan fingerprint density at radius 2 is 2.06 bits per heavy atom. The van der Waals surface area contributed by atoms with E-state index in [2.05, 4.69) is 17.5 Å². The predicted octanol–water partition coefficient (Wildman–Crippen LogP) is 5.32. The van der Waals surface area contributed by atoms with Crippen molar-refractivity contribution in [3.05, 3.63) is 50.3 Å². The average Bonchev–Trinajstić information content (AvgIpc) is 3.57. The smallest absolute Gasteiger partial charge is 0.348 e. The van der Waals surface area contributed by atoms with Gasteiger partial charge >= 0.3 is 5.97 Å². The van der Waals surface area contributed by atoms with Gasteiger partial charge in [-0.15, -0.1) is 22.7 Å². The third-order valence-electron chi connectivity index (χ3n) is 5.38. The summed E-state index contributed by atoms with van der Waals surface area (Å²) in [5.41, 5.74) is 4.29. The molecular formula is C24H20N4O3S3. The number of thioether (sulfide) groups is 1. The van der Waals surface area contributed by atoms with Crippen molar-refractivity contribution in [1.29, 1.82) is 10.5 Å². The van der Waals surface area contributed by atoms with Gasteiger partial charge in [-0.3, -0.25) is 4.79 Å². The van der Waals surface area contributed by atoms with E-state index in [-0.39, 0.29) is 23.8 Å². The van der Waals surface area contributed by atoms with Gasteiger partial charge in [0.25, 0.3) is 0 Å². The first-order chi connectivity index (χ1) is 16.5. The van der Waals surface area contributed by atoms with E-state index >= 15 is 0 Å². The highest BCUT2D eigenvalue weighted by Gasteiger charge is 2.26. The molecule has 34 heavy (non-hydrogen) atoms. The lowest BCUT2D eigenvalue weighted by Gasteiger charge is -2.13. The number of carbonyl (C=O) groups is 2. The van der Waals surface area contributed by atoms with E-state index in [0.29, 0.717) is 26.0 Å². The van der Waals surface area contributed by atoms with Gasteiger partial charge in [0.1, 0.15) is 27.0 Å². The molecule has 0 radical (unpaired) electrons. The maximum absolute atomic E-state index is 12.8. The summed E-state index contributed by atoms with van der Waals surface area (Å²) in [6.45, 7) is 3.59. The van der Waals surface area contributed by atoms with Crippen LogP contribution in [-0.2, 0) is 22.4 Å². The van der Waals surface area contributed by atoms with Gasteiger partial charge in [0, 0.05) is 16.1 Å². The van der Waals surface area contributed by atoms with Gasteiger partial charge in [0.15, 0.2) is 0 Å². The molecule has 0 fully saturated rings. The van der Waals surface area contributed by atoms with E-state index < -0.39 is 5.97 Å². The number of amides is 1. The second kappa shape index (κ2) is 10.4. The molecule has 0 atom stereocenters. The van der Waals surface area contributed by atoms with Gasteiger partial charge in [0.05, 0.1) is 23.5 Å². The van der Waals surface area contributed by atoms with Crippen LogP contribution in [0, 0.1) is 29.6 Å². The van der Waals surface area contributed by atoms with E-state index in [1.54, 1.807) is 25.2 Å². The number of nitrogens with zero attached hydrogens (tertiary/aromatic N) is 3. The predicted molar refractivity (Wildman–Crippen MR) is 133 cm³/mol. The molecule has 0 spiro atoms. The number of aryl methyl sites for hydroxylation is 1. The lowest BCUT2D eigenvalue weighted by Crippen LogP contribution is -2.14. The van der Waals surface area contributed by atoms with Crippen molar-refractivity contribution in [2.45, 2.75) is 38.1 Å². The molecule has 0 saturated heterocycles. The Morgan fingerprint density at radius 1 is 1.26 bits per heavy atom. The number of esters is 1. The average molecular weight is 509 g/mol. The Labute approximate surface area is 209 Å². The topological polar surface area (TPSA) is 116 Å². The first-order valence-corrected chi connectivity index (χ1v) is 13.3. The maximum Gasteiger partial charge on any atom is 0.348 e. The molecular weight excluding hydrogens is 488 g/mol.